The molecule has 0 spiro atoms. The number of hydrogen-bond acceptors (Lipinski definition) is 1. The first-order valence-corrected chi connectivity index (χ1v) is 7.60. The number of halogens is 3. The van der Waals surface area contributed by atoms with Crippen LogP contribution in [0, 0.1) is 5.82 Å². The topological polar surface area (TPSA) is 20.3 Å². The van der Waals surface area contributed by atoms with Crippen LogP contribution in [0.25, 0.3) is 0 Å². The van der Waals surface area contributed by atoms with E-state index in [2.05, 4.69) is 15.9 Å². The van der Waals surface area contributed by atoms with Crippen LogP contribution in [-0.4, -0.2) is 29.3 Å². The highest BCUT2D eigenvalue weighted by molar-refractivity contribution is 9.10. The average molecular weight is 349 g/mol. The molecule has 1 amide bonds. The number of hydrogen-bond donors (Lipinski definition) is 0. The zero-order valence-corrected chi connectivity index (χ0v) is 13.0. The molecule has 19 heavy (non-hydrogen) atoms. The van der Waals surface area contributed by atoms with Crippen molar-refractivity contribution in [1.82, 2.24) is 4.90 Å². The number of nitrogens with zero attached hydrogens (tertiary/aromatic N) is 1. The maximum Gasteiger partial charge on any atom is 0.253 e. The SMILES string of the molecule is CN(C(=O)c1ccc(F)c(Br)c1)C1CCCCC1Cl. The van der Waals surface area contributed by atoms with Crippen LogP contribution in [0.15, 0.2) is 22.7 Å². The van der Waals surface area contributed by atoms with Gasteiger partial charge in [-0.1, -0.05) is 12.8 Å². The van der Waals surface area contributed by atoms with Crippen LogP contribution >= 0.6 is 27.5 Å². The van der Waals surface area contributed by atoms with Crippen molar-refractivity contribution in [2.75, 3.05) is 7.05 Å². The zero-order valence-electron chi connectivity index (χ0n) is 10.7. The molecular formula is C14H16BrClFNO. The highest BCUT2D eigenvalue weighted by atomic mass is 79.9. The third-order valence-electron chi connectivity index (χ3n) is 3.63. The molecule has 104 valence electrons. The molecule has 0 aromatic heterocycles. The lowest BCUT2D eigenvalue weighted by Gasteiger charge is -2.35. The van der Waals surface area contributed by atoms with Gasteiger partial charge in [0.05, 0.1) is 9.85 Å². The minimum atomic E-state index is -0.368. The van der Waals surface area contributed by atoms with E-state index in [1.807, 2.05) is 0 Å². The van der Waals surface area contributed by atoms with Gasteiger partial charge in [0.15, 0.2) is 0 Å². The van der Waals surface area contributed by atoms with Crippen molar-refractivity contribution in [3.05, 3.63) is 34.1 Å². The van der Waals surface area contributed by atoms with E-state index in [0.29, 0.717) is 10.0 Å². The smallest absolute Gasteiger partial charge is 0.253 e. The molecule has 0 bridgehead atoms. The molecule has 1 aliphatic carbocycles. The number of alkyl halides is 1. The van der Waals surface area contributed by atoms with Gasteiger partial charge < -0.3 is 4.90 Å². The molecule has 1 aromatic rings. The molecule has 2 nitrogen and oxygen atoms in total. The standard InChI is InChI=1S/C14H16BrClFNO/c1-18(13-5-3-2-4-11(13)16)14(19)9-6-7-12(17)10(15)8-9/h6-8,11,13H,2-5H2,1H3. The fraction of sp³-hybridized carbons (Fsp3) is 0.500. The van der Waals surface area contributed by atoms with Crippen LogP contribution < -0.4 is 0 Å². The van der Waals surface area contributed by atoms with E-state index in [0.717, 1.165) is 25.7 Å². The molecule has 0 radical (unpaired) electrons. The molecule has 1 aliphatic rings. The van der Waals surface area contributed by atoms with Crippen LogP contribution in [0.2, 0.25) is 0 Å². The van der Waals surface area contributed by atoms with Gasteiger partial charge in [-0.2, -0.15) is 0 Å². The molecule has 1 saturated carbocycles. The van der Waals surface area contributed by atoms with Crippen molar-refractivity contribution in [3.8, 4) is 0 Å². The summed E-state index contributed by atoms with van der Waals surface area (Å²) < 4.78 is 13.5. The quantitative estimate of drug-likeness (QED) is 0.733. The van der Waals surface area contributed by atoms with E-state index in [1.165, 1.54) is 18.2 Å². The number of carbonyl (C=O) groups excluding carboxylic acids is 1. The lowest BCUT2D eigenvalue weighted by Crippen LogP contribution is -2.44. The number of amides is 1. The third kappa shape index (κ3) is 3.29. The monoisotopic (exact) mass is 347 g/mol. The molecule has 1 fully saturated rings. The zero-order chi connectivity index (χ0) is 14.0. The molecule has 2 atom stereocenters. The summed E-state index contributed by atoms with van der Waals surface area (Å²) in [6.45, 7) is 0. The molecule has 1 aromatic carbocycles. The Kier molecular flexibility index (Phi) is 4.85. The van der Waals surface area contributed by atoms with Crippen LogP contribution in [0.5, 0.6) is 0 Å². The lowest BCUT2D eigenvalue weighted by molar-refractivity contribution is 0.0700. The van der Waals surface area contributed by atoms with Crippen LogP contribution in [0.3, 0.4) is 0 Å². The second-order valence-corrected chi connectivity index (χ2v) is 6.33. The van der Waals surface area contributed by atoms with Gasteiger partial charge in [-0.05, 0) is 47.0 Å². The lowest BCUT2D eigenvalue weighted by atomic mass is 9.93. The minimum Gasteiger partial charge on any atom is -0.337 e. The maximum absolute atomic E-state index is 13.2. The second-order valence-electron chi connectivity index (χ2n) is 4.91. The third-order valence-corrected chi connectivity index (χ3v) is 4.75. The van der Waals surface area contributed by atoms with Gasteiger partial charge in [0.25, 0.3) is 5.91 Å². The largest absolute Gasteiger partial charge is 0.337 e. The summed E-state index contributed by atoms with van der Waals surface area (Å²) >= 11 is 9.40. The normalized spacial score (nSPS) is 23.2. The van der Waals surface area contributed by atoms with Gasteiger partial charge in [0, 0.05) is 18.7 Å². The van der Waals surface area contributed by atoms with Gasteiger partial charge >= 0.3 is 0 Å². The van der Waals surface area contributed by atoms with E-state index >= 15 is 0 Å². The average Bonchev–Trinajstić information content (AvgIpc) is 2.41. The number of benzene rings is 1. The maximum atomic E-state index is 13.2. The molecule has 2 unspecified atom stereocenters. The summed E-state index contributed by atoms with van der Waals surface area (Å²) in [5.74, 6) is -0.481. The molecule has 5 heteroatoms. The van der Waals surface area contributed by atoms with Crippen LogP contribution in [0.4, 0.5) is 4.39 Å². The predicted octanol–water partition coefficient (Wildman–Crippen LogP) is 4.21. The Morgan fingerprint density at radius 1 is 1.42 bits per heavy atom. The first-order valence-electron chi connectivity index (χ1n) is 6.37. The number of rotatable bonds is 2. The van der Waals surface area contributed by atoms with Gasteiger partial charge in [-0.3, -0.25) is 4.79 Å². The Labute approximate surface area is 126 Å². The van der Waals surface area contributed by atoms with Gasteiger partial charge in [-0.25, -0.2) is 4.39 Å². The number of carbonyl (C=O) groups is 1. The summed E-state index contributed by atoms with van der Waals surface area (Å²) in [6.07, 6.45) is 4.09. The Bertz CT molecular complexity index is 483. The van der Waals surface area contributed by atoms with E-state index in [4.69, 9.17) is 11.6 Å². The molecule has 0 saturated heterocycles. The van der Waals surface area contributed by atoms with Crippen molar-refractivity contribution in [3.63, 3.8) is 0 Å². The van der Waals surface area contributed by atoms with Crippen molar-refractivity contribution in [2.45, 2.75) is 37.1 Å². The highest BCUT2D eigenvalue weighted by Gasteiger charge is 2.29. The van der Waals surface area contributed by atoms with Crippen molar-refractivity contribution in [2.24, 2.45) is 0 Å². The summed E-state index contributed by atoms with van der Waals surface area (Å²) in [6, 6.07) is 4.38. The van der Waals surface area contributed by atoms with E-state index in [9.17, 15) is 9.18 Å². The summed E-state index contributed by atoms with van der Waals surface area (Å²) in [5.41, 5.74) is 0.477. The Morgan fingerprint density at radius 2 is 2.11 bits per heavy atom. The van der Waals surface area contributed by atoms with Gasteiger partial charge in [-0.15, -0.1) is 11.6 Å². The Morgan fingerprint density at radius 3 is 2.74 bits per heavy atom. The fourth-order valence-electron chi connectivity index (χ4n) is 2.49. The summed E-state index contributed by atoms with van der Waals surface area (Å²) in [5, 5.41) is 0.00610. The van der Waals surface area contributed by atoms with E-state index < -0.39 is 0 Å². The highest BCUT2D eigenvalue weighted by Crippen LogP contribution is 2.28. The van der Waals surface area contributed by atoms with Crippen molar-refractivity contribution < 1.29 is 9.18 Å². The predicted molar refractivity (Wildman–Crippen MR) is 78.1 cm³/mol. The molecule has 0 aliphatic heterocycles. The second kappa shape index (κ2) is 6.23. The minimum absolute atomic E-state index is 0.00610. The first kappa shape index (κ1) is 14.8. The Balaban J connectivity index is 2.15. The van der Waals surface area contributed by atoms with Crippen LogP contribution in [-0.2, 0) is 0 Å². The van der Waals surface area contributed by atoms with Crippen LogP contribution in [0.1, 0.15) is 36.0 Å². The summed E-state index contributed by atoms with van der Waals surface area (Å²) in [7, 11) is 1.77. The summed E-state index contributed by atoms with van der Waals surface area (Å²) in [4.78, 5) is 14.1. The fourth-order valence-corrected chi connectivity index (χ4v) is 3.31. The van der Waals surface area contributed by atoms with E-state index in [-0.39, 0.29) is 23.1 Å². The van der Waals surface area contributed by atoms with Gasteiger partial charge in [0.2, 0.25) is 0 Å². The first-order chi connectivity index (χ1) is 9.00. The molecule has 2 rings (SSSR count). The van der Waals surface area contributed by atoms with Gasteiger partial charge in [0.1, 0.15) is 5.82 Å². The van der Waals surface area contributed by atoms with E-state index in [1.54, 1.807) is 11.9 Å². The molecule has 0 N–H and O–H groups in total. The molecule has 0 heterocycles. The Hall–Kier alpha value is -0.610. The van der Waals surface area contributed by atoms with Crippen molar-refractivity contribution >= 4 is 33.4 Å². The molecular weight excluding hydrogens is 333 g/mol. The van der Waals surface area contributed by atoms with Crippen molar-refractivity contribution in [1.29, 1.82) is 0 Å².